The third-order valence-electron chi connectivity index (χ3n) is 2.02. The highest BCUT2D eigenvalue weighted by molar-refractivity contribution is 4.64. The van der Waals surface area contributed by atoms with Gasteiger partial charge in [-0.05, 0) is 19.3 Å². The van der Waals surface area contributed by atoms with Gasteiger partial charge >= 0.3 is 0 Å². The van der Waals surface area contributed by atoms with Crippen LogP contribution in [0, 0.1) is 0 Å². The van der Waals surface area contributed by atoms with Crippen molar-refractivity contribution in [1.82, 2.24) is 0 Å². The Morgan fingerprint density at radius 3 is 1.00 bits per heavy atom. The lowest BCUT2D eigenvalue weighted by Crippen LogP contribution is -1.61. The van der Waals surface area contributed by atoms with Crippen LogP contribution < -0.4 is 0 Å². The second-order valence-electron chi connectivity index (χ2n) is 3.94. The van der Waals surface area contributed by atoms with E-state index in [2.05, 4.69) is 40.5 Å². The van der Waals surface area contributed by atoms with Crippen molar-refractivity contribution in [2.75, 3.05) is 0 Å². The Morgan fingerprint density at radius 1 is 0.588 bits per heavy atom. The second kappa shape index (κ2) is 29.5. The van der Waals surface area contributed by atoms with Crippen LogP contribution in [0.25, 0.3) is 0 Å². The van der Waals surface area contributed by atoms with Crippen LogP contribution in [0.5, 0.6) is 0 Å². The molecule has 0 nitrogen and oxygen atoms in total. The van der Waals surface area contributed by atoms with E-state index in [1.54, 1.807) is 0 Å². The lowest BCUT2D eigenvalue weighted by Gasteiger charge is -1.81. The molecule has 0 aromatic rings. The molecule has 0 aromatic heterocycles. The second-order valence-corrected chi connectivity index (χ2v) is 3.94. The van der Waals surface area contributed by atoms with E-state index >= 15 is 0 Å². The van der Waals surface area contributed by atoms with Crippen LogP contribution in [0.1, 0.15) is 72.1 Å². The topological polar surface area (TPSA) is 0 Å². The van der Waals surface area contributed by atoms with Gasteiger partial charge in [-0.25, -0.2) is 0 Å². The number of allylic oxidation sites excluding steroid dienone is 3. The normalized spacial score (nSPS) is 7.94. The molecule has 0 saturated carbocycles. The van der Waals surface area contributed by atoms with E-state index in [1.165, 1.54) is 44.9 Å². The molecule has 0 fully saturated rings. The molecular formula is C17H34. The highest BCUT2D eigenvalue weighted by Gasteiger charge is 1.71. The zero-order valence-electron chi connectivity index (χ0n) is 12.5. The first-order chi connectivity index (χ1) is 8.24. The molecule has 0 atom stereocenters. The summed E-state index contributed by atoms with van der Waals surface area (Å²) in [6.07, 6.45) is 15.7. The van der Waals surface area contributed by atoms with E-state index in [0.717, 1.165) is 6.42 Å². The SMILES string of the molecule is C=CCCC.C=CCCCC.C=CCCCC. The maximum atomic E-state index is 3.60. The van der Waals surface area contributed by atoms with E-state index in [1.807, 2.05) is 18.2 Å². The van der Waals surface area contributed by atoms with E-state index < -0.39 is 0 Å². The third-order valence-corrected chi connectivity index (χ3v) is 2.02. The maximum Gasteiger partial charge on any atom is -0.0354 e. The fourth-order valence-corrected chi connectivity index (χ4v) is 0.901. The molecule has 0 rings (SSSR count). The van der Waals surface area contributed by atoms with Crippen LogP contribution in [0.4, 0.5) is 0 Å². The number of hydrogen-bond donors (Lipinski definition) is 0. The molecule has 17 heavy (non-hydrogen) atoms. The molecule has 0 aliphatic heterocycles. The molecular weight excluding hydrogens is 204 g/mol. The quantitative estimate of drug-likeness (QED) is 0.326. The van der Waals surface area contributed by atoms with E-state index in [0.29, 0.717) is 0 Å². The van der Waals surface area contributed by atoms with Crippen molar-refractivity contribution in [2.24, 2.45) is 0 Å². The molecule has 0 spiro atoms. The summed E-state index contributed by atoms with van der Waals surface area (Å²) in [6, 6.07) is 0. The van der Waals surface area contributed by atoms with E-state index in [-0.39, 0.29) is 0 Å². The van der Waals surface area contributed by atoms with Gasteiger partial charge in [0.2, 0.25) is 0 Å². The molecule has 0 unspecified atom stereocenters. The molecule has 0 heteroatoms. The van der Waals surface area contributed by atoms with Crippen molar-refractivity contribution < 1.29 is 0 Å². The smallest absolute Gasteiger partial charge is 0.0354 e. The minimum Gasteiger partial charge on any atom is -0.103 e. The largest absolute Gasteiger partial charge is 0.103 e. The van der Waals surface area contributed by atoms with Crippen LogP contribution in [0.3, 0.4) is 0 Å². The molecule has 0 aromatic carbocycles. The van der Waals surface area contributed by atoms with E-state index in [4.69, 9.17) is 0 Å². The molecule has 0 aliphatic carbocycles. The highest BCUT2D eigenvalue weighted by Crippen LogP contribution is 1.91. The van der Waals surface area contributed by atoms with Crippen LogP contribution in [0.2, 0.25) is 0 Å². The summed E-state index contributed by atoms with van der Waals surface area (Å²) in [4.78, 5) is 0. The Morgan fingerprint density at radius 2 is 0.941 bits per heavy atom. The average molecular weight is 238 g/mol. The molecule has 0 radical (unpaired) electrons. The zero-order valence-corrected chi connectivity index (χ0v) is 12.5. The first-order valence-electron chi connectivity index (χ1n) is 7.07. The van der Waals surface area contributed by atoms with Crippen LogP contribution >= 0.6 is 0 Å². The van der Waals surface area contributed by atoms with Gasteiger partial charge in [-0.15, -0.1) is 19.7 Å². The fourth-order valence-electron chi connectivity index (χ4n) is 0.901. The summed E-state index contributed by atoms with van der Waals surface area (Å²) < 4.78 is 0. The Labute approximate surface area is 111 Å². The summed E-state index contributed by atoms with van der Waals surface area (Å²) in [5.74, 6) is 0. The van der Waals surface area contributed by atoms with Gasteiger partial charge in [0.05, 0.1) is 0 Å². The molecule has 0 amide bonds. The van der Waals surface area contributed by atoms with Crippen LogP contribution in [-0.2, 0) is 0 Å². The molecule has 0 bridgehead atoms. The first-order valence-corrected chi connectivity index (χ1v) is 7.07. The first kappa shape index (κ1) is 21.5. The van der Waals surface area contributed by atoms with Crippen molar-refractivity contribution in [3.8, 4) is 0 Å². The summed E-state index contributed by atoms with van der Waals surface area (Å²) in [5.41, 5.74) is 0. The standard InChI is InChI=1S/2C6H12.C5H10/c2*1-3-5-6-4-2;1-3-5-4-2/h2*3H,1,4-6H2,2H3;3H,1,4-5H2,2H3. The highest BCUT2D eigenvalue weighted by atomic mass is 13.8. The Balaban J connectivity index is -0.000000174. The van der Waals surface area contributed by atoms with Crippen molar-refractivity contribution in [3.05, 3.63) is 38.0 Å². The van der Waals surface area contributed by atoms with Crippen molar-refractivity contribution >= 4 is 0 Å². The van der Waals surface area contributed by atoms with Gasteiger partial charge in [0, 0.05) is 0 Å². The summed E-state index contributed by atoms with van der Waals surface area (Å²) in [7, 11) is 0. The number of hydrogen-bond acceptors (Lipinski definition) is 0. The Bertz CT molecular complexity index is 121. The van der Waals surface area contributed by atoms with Crippen molar-refractivity contribution in [3.63, 3.8) is 0 Å². The van der Waals surface area contributed by atoms with Crippen molar-refractivity contribution in [1.29, 1.82) is 0 Å². The molecule has 0 N–H and O–H groups in total. The minimum atomic E-state index is 1.15. The van der Waals surface area contributed by atoms with Gasteiger partial charge < -0.3 is 0 Å². The van der Waals surface area contributed by atoms with Gasteiger partial charge in [0.1, 0.15) is 0 Å². The monoisotopic (exact) mass is 238 g/mol. The van der Waals surface area contributed by atoms with Crippen LogP contribution in [0.15, 0.2) is 38.0 Å². The molecule has 0 aliphatic rings. The van der Waals surface area contributed by atoms with Gasteiger partial charge in [0.15, 0.2) is 0 Å². The molecule has 102 valence electrons. The fraction of sp³-hybridized carbons (Fsp3) is 0.647. The van der Waals surface area contributed by atoms with Gasteiger partial charge in [0.25, 0.3) is 0 Å². The Kier molecular flexibility index (Phi) is 37.3. The third kappa shape index (κ3) is 51.0. The predicted molar refractivity (Wildman–Crippen MR) is 84.5 cm³/mol. The van der Waals surface area contributed by atoms with E-state index in [9.17, 15) is 0 Å². The summed E-state index contributed by atoms with van der Waals surface area (Å²) >= 11 is 0. The lowest BCUT2D eigenvalue weighted by molar-refractivity contribution is 0.816. The number of rotatable bonds is 8. The van der Waals surface area contributed by atoms with Crippen LogP contribution in [-0.4, -0.2) is 0 Å². The summed E-state index contributed by atoms with van der Waals surface area (Å²) in [6.45, 7) is 17.3. The maximum absolute atomic E-state index is 3.60. The van der Waals surface area contributed by atoms with Crippen molar-refractivity contribution in [2.45, 2.75) is 72.1 Å². The zero-order chi connectivity index (χ0) is 13.8. The van der Waals surface area contributed by atoms with Gasteiger partial charge in [-0.2, -0.15) is 0 Å². The van der Waals surface area contributed by atoms with Gasteiger partial charge in [-0.1, -0.05) is 71.1 Å². The van der Waals surface area contributed by atoms with Gasteiger partial charge in [-0.3, -0.25) is 0 Å². The summed E-state index contributed by atoms with van der Waals surface area (Å²) in [5, 5.41) is 0. The Hall–Kier alpha value is -0.780. The molecule has 0 heterocycles. The predicted octanol–water partition coefficient (Wildman–Crippen LogP) is 6.70. The molecule has 0 saturated heterocycles. The average Bonchev–Trinajstić information content (AvgIpc) is 2.36. The minimum absolute atomic E-state index is 1.15. The number of unbranched alkanes of at least 4 members (excludes halogenated alkanes) is 5. The lowest BCUT2D eigenvalue weighted by atomic mass is 10.3.